The minimum atomic E-state index is -3.68. The summed E-state index contributed by atoms with van der Waals surface area (Å²) in [5.41, 5.74) is 5.72. The zero-order valence-electron chi connectivity index (χ0n) is 7.60. The normalized spacial score (nSPS) is 12.8. The van der Waals surface area contributed by atoms with Crippen LogP contribution in [-0.4, -0.2) is 8.42 Å². The van der Waals surface area contributed by atoms with Crippen LogP contribution in [0, 0.1) is 6.92 Å². The molecule has 4 nitrogen and oxygen atoms in total. The summed E-state index contributed by atoms with van der Waals surface area (Å²) in [4.78, 5) is 0.0712. The van der Waals surface area contributed by atoms with Crippen LogP contribution >= 0.6 is 0 Å². The number of hydrogen-bond donors (Lipinski definition) is 1. The minimum Gasteiger partial charge on any atom is -0.860 e. The molecule has 0 spiro atoms. The Bertz CT molecular complexity index is 441. The molecule has 0 bridgehead atoms. The van der Waals surface area contributed by atoms with Gasteiger partial charge in [0, 0.05) is 5.41 Å². The van der Waals surface area contributed by atoms with Crippen molar-refractivity contribution in [1.29, 1.82) is 0 Å². The second-order valence-electron chi connectivity index (χ2n) is 2.88. The Morgan fingerprint density at radius 2 is 1.86 bits per heavy atom. The molecular formula is C9H10NO3S-. The average Bonchev–Trinajstić information content (AvgIpc) is 2.02. The molecule has 0 atom stereocenters. The van der Waals surface area contributed by atoms with Crippen LogP contribution in [0.15, 0.2) is 40.5 Å². The number of hydrogen-bond acceptors (Lipinski definition) is 4. The van der Waals surface area contributed by atoms with Gasteiger partial charge in [-0.3, -0.25) is 0 Å². The summed E-state index contributed by atoms with van der Waals surface area (Å²) < 4.78 is 22.8. The monoisotopic (exact) mass is 212 g/mol. The minimum absolute atomic E-state index is 0.0712. The van der Waals surface area contributed by atoms with Gasteiger partial charge in [0.2, 0.25) is 9.84 Å². The van der Waals surface area contributed by atoms with E-state index in [4.69, 9.17) is 5.73 Å². The third-order valence-electron chi connectivity index (χ3n) is 1.62. The lowest BCUT2D eigenvalue weighted by atomic mass is 10.2. The molecule has 0 unspecified atom stereocenters. The summed E-state index contributed by atoms with van der Waals surface area (Å²) in [6.45, 7) is 1.84. The van der Waals surface area contributed by atoms with Gasteiger partial charge in [0.1, 0.15) is 0 Å². The van der Waals surface area contributed by atoms with Gasteiger partial charge in [0.05, 0.1) is 4.90 Å². The second kappa shape index (κ2) is 3.71. The molecular weight excluding hydrogens is 202 g/mol. The predicted molar refractivity (Wildman–Crippen MR) is 50.6 cm³/mol. The van der Waals surface area contributed by atoms with Gasteiger partial charge in [-0.05, 0) is 24.9 Å². The average molecular weight is 212 g/mol. The van der Waals surface area contributed by atoms with Crippen molar-refractivity contribution in [2.75, 3.05) is 0 Å². The van der Waals surface area contributed by atoms with Gasteiger partial charge in [-0.2, -0.15) is 0 Å². The van der Waals surface area contributed by atoms with E-state index in [1.807, 2.05) is 6.92 Å². The first-order chi connectivity index (χ1) is 6.42. The lowest BCUT2D eigenvalue weighted by Crippen LogP contribution is -2.15. The van der Waals surface area contributed by atoms with E-state index in [0.717, 1.165) is 5.56 Å². The quantitative estimate of drug-likeness (QED) is 0.693. The van der Waals surface area contributed by atoms with Gasteiger partial charge >= 0.3 is 0 Å². The molecule has 0 fully saturated rings. The highest BCUT2D eigenvalue weighted by molar-refractivity contribution is 7.94. The number of sulfone groups is 1. The van der Waals surface area contributed by atoms with Crippen molar-refractivity contribution in [1.82, 2.24) is 0 Å². The maximum absolute atomic E-state index is 11.4. The van der Waals surface area contributed by atoms with E-state index < -0.39 is 15.7 Å². The molecule has 1 aromatic carbocycles. The Hall–Kier alpha value is -1.49. The molecule has 0 saturated carbocycles. The van der Waals surface area contributed by atoms with Crippen LogP contribution in [0.2, 0.25) is 0 Å². The van der Waals surface area contributed by atoms with Crippen LogP contribution < -0.4 is 10.8 Å². The maximum atomic E-state index is 11.4. The first kappa shape index (κ1) is 10.6. The van der Waals surface area contributed by atoms with Crippen LogP contribution in [0.1, 0.15) is 5.56 Å². The zero-order valence-corrected chi connectivity index (χ0v) is 8.41. The van der Waals surface area contributed by atoms with Crippen molar-refractivity contribution in [3.05, 3.63) is 41.1 Å². The fourth-order valence-corrected chi connectivity index (χ4v) is 1.91. The van der Waals surface area contributed by atoms with Gasteiger partial charge in [0.25, 0.3) is 0 Å². The van der Waals surface area contributed by atoms with Crippen LogP contribution in [0.5, 0.6) is 0 Å². The summed E-state index contributed by atoms with van der Waals surface area (Å²) in [6, 6.07) is 6.18. The van der Waals surface area contributed by atoms with Gasteiger partial charge in [0.15, 0.2) is 0 Å². The van der Waals surface area contributed by atoms with Gasteiger partial charge in [-0.25, -0.2) is 8.42 Å². The van der Waals surface area contributed by atoms with Crippen molar-refractivity contribution in [2.45, 2.75) is 11.8 Å². The summed E-state index contributed by atoms with van der Waals surface area (Å²) in [5.74, 6) is -0.967. The highest BCUT2D eigenvalue weighted by atomic mass is 32.2. The Kier molecular flexibility index (Phi) is 2.81. The molecule has 0 aromatic heterocycles. The molecule has 0 heterocycles. The third-order valence-corrected chi connectivity index (χ3v) is 3.09. The highest BCUT2D eigenvalue weighted by Gasteiger charge is 2.08. The molecule has 14 heavy (non-hydrogen) atoms. The second-order valence-corrected chi connectivity index (χ2v) is 4.68. The lowest BCUT2D eigenvalue weighted by Gasteiger charge is -2.05. The summed E-state index contributed by atoms with van der Waals surface area (Å²) in [5, 5.41) is 11.0. The summed E-state index contributed by atoms with van der Waals surface area (Å²) in [6.07, 6.45) is 0. The van der Waals surface area contributed by atoms with Gasteiger partial charge in [-0.1, -0.05) is 17.7 Å². The van der Waals surface area contributed by atoms with Crippen molar-refractivity contribution in [2.24, 2.45) is 5.73 Å². The van der Waals surface area contributed by atoms with Gasteiger partial charge < -0.3 is 10.8 Å². The van der Waals surface area contributed by atoms with Crippen molar-refractivity contribution < 1.29 is 13.5 Å². The number of nitrogens with two attached hydrogens (primary N) is 1. The van der Waals surface area contributed by atoms with E-state index in [-0.39, 0.29) is 4.90 Å². The molecule has 0 aliphatic carbocycles. The van der Waals surface area contributed by atoms with Crippen molar-refractivity contribution in [3.63, 3.8) is 0 Å². The van der Waals surface area contributed by atoms with E-state index in [2.05, 4.69) is 0 Å². The molecule has 76 valence electrons. The molecule has 0 aliphatic heterocycles. The Balaban J connectivity index is 3.18. The van der Waals surface area contributed by atoms with E-state index in [9.17, 15) is 13.5 Å². The van der Waals surface area contributed by atoms with Crippen LogP contribution in [0.4, 0.5) is 0 Å². The summed E-state index contributed by atoms with van der Waals surface area (Å²) >= 11 is 0. The smallest absolute Gasteiger partial charge is 0.200 e. The van der Waals surface area contributed by atoms with Crippen LogP contribution in [0.3, 0.4) is 0 Å². The third kappa shape index (κ3) is 2.50. The fourth-order valence-electron chi connectivity index (χ4n) is 0.949. The SMILES string of the molecule is Cc1ccc(S(=O)(=O)/C=C(/N)[O-])cc1. The van der Waals surface area contributed by atoms with Gasteiger partial charge in [-0.15, -0.1) is 0 Å². The lowest BCUT2D eigenvalue weighted by molar-refractivity contribution is -0.304. The van der Waals surface area contributed by atoms with Crippen LogP contribution in [0.25, 0.3) is 0 Å². The van der Waals surface area contributed by atoms with Crippen molar-refractivity contribution in [3.8, 4) is 0 Å². The number of benzene rings is 1. The number of aryl methyl sites for hydroxylation is 1. The molecule has 0 amide bonds. The van der Waals surface area contributed by atoms with Crippen LogP contribution in [-0.2, 0) is 9.84 Å². The first-order valence-electron chi connectivity index (χ1n) is 3.88. The Labute approximate surface area is 82.6 Å². The van der Waals surface area contributed by atoms with E-state index in [1.54, 1.807) is 12.1 Å². The number of rotatable bonds is 2. The topological polar surface area (TPSA) is 83.2 Å². The fraction of sp³-hybridized carbons (Fsp3) is 0.111. The Morgan fingerprint density at radius 3 is 2.29 bits per heavy atom. The Morgan fingerprint density at radius 1 is 1.36 bits per heavy atom. The molecule has 5 heteroatoms. The molecule has 1 rings (SSSR count). The summed E-state index contributed by atoms with van der Waals surface area (Å²) in [7, 11) is -3.68. The standard InChI is InChI=1S/C9H11NO3S/c1-7-2-4-8(5-3-7)14(12,13)6-9(10)11/h2-6,11H,10H2,1H3/p-1/b9-6-. The molecule has 0 saturated heterocycles. The van der Waals surface area contributed by atoms with Crippen molar-refractivity contribution >= 4 is 9.84 Å². The molecule has 0 radical (unpaired) electrons. The molecule has 2 N–H and O–H groups in total. The van der Waals surface area contributed by atoms with E-state index >= 15 is 0 Å². The maximum Gasteiger partial charge on any atom is 0.200 e. The highest BCUT2D eigenvalue weighted by Crippen LogP contribution is 2.12. The van der Waals surface area contributed by atoms with E-state index in [1.165, 1.54) is 12.1 Å². The molecule has 1 aromatic rings. The first-order valence-corrected chi connectivity index (χ1v) is 5.42. The van der Waals surface area contributed by atoms with E-state index in [0.29, 0.717) is 5.41 Å². The largest absolute Gasteiger partial charge is 0.860 e. The molecule has 0 aliphatic rings. The zero-order chi connectivity index (χ0) is 10.8. The predicted octanol–water partition coefficient (Wildman–Crippen LogP) is -0.113.